The Labute approximate surface area is 176 Å². The van der Waals surface area contributed by atoms with Gasteiger partial charge in [0.15, 0.2) is 5.82 Å². The lowest BCUT2D eigenvalue weighted by atomic mass is 9.74. The number of aromatic nitrogens is 4. The second-order valence-electron chi connectivity index (χ2n) is 7.50. The molecule has 1 aliphatic carbocycles. The van der Waals surface area contributed by atoms with Gasteiger partial charge in [0.05, 0.1) is 16.8 Å². The molecule has 154 valence electrons. The van der Waals surface area contributed by atoms with E-state index in [0.29, 0.717) is 22.7 Å². The number of hydrogen-bond acceptors (Lipinski definition) is 5. The first-order chi connectivity index (χ1) is 14.6. The van der Waals surface area contributed by atoms with E-state index in [1.165, 1.54) is 18.2 Å². The number of carbonyl (C=O) groups excluding carboxylic acids is 1. The Kier molecular flexibility index (Phi) is 4.54. The van der Waals surface area contributed by atoms with Gasteiger partial charge in [0, 0.05) is 17.3 Å². The van der Waals surface area contributed by atoms with E-state index in [4.69, 9.17) is 16.5 Å². The second kappa shape index (κ2) is 7.24. The molecule has 3 aromatic rings. The molecule has 0 radical (unpaired) electrons. The molecule has 0 saturated heterocycles. The Balaban J connectivity index is 1.64. The number of tetrazole rings is 1. The highest BCUT2D eigenvalue weighted by atomic mass is 35.5. The highest BCUT2D eigenvalue weighted by molar-refractivity contribution is 6.37. The molecule has 0 atom stereocenters. The first-order valence-electron chi connectivity index (χ1n) is 9.70. The smallest absolute Gasteiger partial charge is 0.337 e. The van der Waals surface area contributed by atoms with Gasteiger partial charge in [-0.3, -0.25) is 0 Å². The van der Waals surface area contributed by atoms with Gasteiger partial charge < -0.3 is 10.1 Å². The summed E-state index contributed by atoms with van der Waals surface area (Å²) >= 11 is 6.29. The predicted molar refractivity (Wildman–Crippen MR) is 108 cm³/mol. The minimum atomic E-state index is -0.555. The lowest BCUT2D eigenvalue weighted by Gasteiger charge is -2.44. The molecule has 8 nitrogen and oxygen atoms in total. The lowest BCUT2D eigenvalue weighted by Crippen LogP contribution is -2.54. The van der Waals surface area contributed by atoms with Crippen molar-refractivity contribution in [3.8, 4) is 22.9 Å². The van der Waals surface area contributed by atoms with Gasteiger partial charge in [0.1, 0.15) is 17.3 Å². The van der Waals surface area contributed by atoms with Crippen LogP contribution in [0.2, 0.25) is 0 Å². The van der Waals surface area contributed by atoms with Gasteiger partial charge in [0.25, 0.3) is 0 Å². The van der Waals surface area contributed by atoms with Crippen LogP contribution in [0.15, 0.2) is 36.4 Å². The van der Waals surface area contributed by atoms with Crippen molar-refractivity contribution < 1.29 is 13.9 Å². The molecule has 0 bridgehead atoms. The molecule has 1 aromatic heterocycles. The van der Waals surface area contributed by atoms with Crippen LogP contribution in [0, 0.1) is 5.82 Å². The zero-order valence-electron chi connectivity index (χ0n) is 15.9. The first kappa shape index (κ1) is 18.8. The number of nitrogens with zero attached hydrogens (tertiary/aromatic N) is 4. The Bertz CT molecular complexity index is 1100. The van der Waals surface area contributed by atoms with Crippen LogP contribution in [0.25, 0.3) is 11.4 Å². The number of benzene rings is 2. The number of anilines is 1. The Morgan fingerprint density at radius 1 is 1.13 bits per heavy atom. The minimum Gasteiger partial charge on any atom is -0.456 e. The number of carbonyl (C=O) groups is 1. The normalized spacial score (nSPS) is 17.5. The largest absolute Gasteiger partial charge is 0.456 e. The van der Waals surface area contributed by atoms with Crippen LogP contribution in [0.4, 0.5) is 14.9 Å². The van der Waals surface area contributed by atoms with E-state index in [1.54, 1.807) is 12.1 Å². The van der Waals surface area contributed by atoms with E-state index < -0.39 is 11.4 Å². The molecule has 2 amide bonds. The van der Waals surface area contributed by atoms with E-state index in [-0.39, 0.29) is 11.9 Å². The zero-order chi connectivity index (χ0) is 20.7. The maximum absolute atomic E-state index is 13.9. The molecule has 5 rings (SSSR count). The van der Waals surface area contributed by atoms with Gasteiger partial charge >= 0.3 is 6.03 Å². The van der Waals surface area contributed by atoms with Gasteiger partial charge in [-0.2, -0.15) is 0 Å². The van der Waals surface area contributed by atoms with Crippen LogP contribution in [0.3, 0.4) is 0 Å². The third-order valence-electron chi connectivity index (χ3n) is 5.69. The van der Waals surface area contributed by atoms with Gasteiger partial charge in [-0.1, -0.05) is 25.3 Å². The minimum absolute atomic E-state index is 0.286. The summed E-state index contributed by atoms with van der Waals surface area (Å²) in [6.45, 7) is 0. The maximum Gasteiger partial charge on any atom is 0.337 e. The molecule has 1 aliphatic heterocycles. The second-order valence-corrected chi connectivity index (χ2v) is 7.83. The fourth-order valence-electron chi connectivity index (χ4n) is 4.37. The quantitative estimate of drug-likeness (QED) is 0.592. The molecule has 0 unspecified atom stereocenters. The van der Waals surface area contributed by atoms with Crippen molar-refractivity contribution in [2.24, 2.45) is 0 Å². The molecule has 2 aromatic carbocycles. The summed E-state index contributed by atoms with van der Waals surface area (Å²) in [6, 6.07) is 9.19. The fourth-order valence-corrected chi connectivity index (χ4v) is 4.56. The Hall–Kier alpha value is -3.20. The standard InChI is InChI=1S/C20H18ClFN6O2/c21-28-14-5-4-6-16(17(14)20(23-19(28)29)9-2-1-3-10-20)30-15-8-7-12(22)11-13(15)18-24-26-27-25-18/h4-8,11H,1-3,9-10H2,(H,23,29)(H,24,25,26,27). The van der Waals surface area contributed by atoms with Crippen molar-refractivity contribution in [1.29, 1.82) is 0 Å². The number of fused-ring (bicyclic) bond motifs is 2. The number of ether oxygens (including phenoxy) is 1. The zero-order valence-corrected chi connectivity index (χ0v) is 16.6. The van der Waals surface area contributed by atoms with E-state index >= 15 is 0 Å². The first-order valence-corrected chi connectivity index (χ1v) is 10.0. The number of rotatable bonds is 3. The number of nitrogens with one attached hydrogen (secondary N) is 2. The van der Waals surface area contributed by atoms with E-state index in [2.05, 4.69) is 25.9 Å². The third-order valence-corrected chi connectivity index (χ3v) is 6.02. The third kappa shape index (κ3) is 3.06. The Morgan fingerprint density at radius 2 is 1.97 bits per heavy atom. The van der Waals surface area contributed by atoms with Crippen molar-refractivity contribution in [3.05, 3.63) is 47.8 Å². The summed E-state index contributed by atoms with van der Waals surface area (Å²) in [6.07, 6.45) is 4.67. The summed E-state index contributed by atoms with van der Waals surface area (Å²) in [5.41, 5.74) is 1.24. The van der Waals surface area contributed by atoms with Crippen molar-refractivity contribution >= 4 is 23.5 Å². The van der Waals surface area contributed by atoms with Crippen molar-refractivity contribution in [3.63, 3.8) is 0 Å². The fraction of sp³-hybridized carbons (Fsp3) is 0.300. The molecule has 1 saturated carbocycles. The summed E-state index contributed by atoms with van der Waals surface area (Å²) in [5, 5.41) is 16.7. The van der Waals surface area contributed by atoms with Gasteiger partial charge in [0.2, 0.25) is 0 Å². The van der Waals surface area contributed by atoms with E-state index in [1.807, 2.05) is 6.07 Å². The van der Waals surface area contributed by atoms with Gasteiger partial charge in [-0.15, -0.1) is 5.10 Å². The molecule has 2 aliphatic rings. The van der Waals surface area contributed by atoms with Crippen LogP contribution in [0.5, 0.6) is 11.5 Å². The SMILES string of the molecule is O=C1NC2(CCCCC2)c2c(Oc3ccc(F)cc3-c3nnn[nH]3)cccc2N1Cl. The highest BCUT2D eigenvalue weighted by Crippen LogP contribution is 2.50. The summed E-state index contributed by atoms with van der Waals surface area (Å²) in [5.74, 6) is 0.772. The van der Waals surface area contributed by atoms with Crippen LogP contribution in [-0.4, -0.2) is 26.7 Å². The highest BCUT2D eigenvalue weighted by Gasteiger charge is 2.45. The molecule has 1 spiro atoms. The molecule has 2 N–H and O–H groups in total. The molecular weight excluding hydrogens is 411 g/mol. The van der Waals surface area contributed by atoms with Crippen LogP contribution in [-0.2, 0) is 5.54 Å². The summed E-state index contributed by atoms with van der Waals surface area (Å²) in [4.78, 5) is 12.5. The van der Waals surface area contributed by atoms with Crippen LogP contribution < -0.4 is 14.5 Å². The topological polar surface area (TPSA) is 96.0 Å². The van der Waals surface area contributed by atoms with Gasteiger partial charge in [-0.25, -0.2) is 18.7 Å². The number of H-pyrrole nitrogens is 1. The molecule has 1 fully saturated rings. The number of halogens is 2. The summed E-state index contributed by atoms with van der Waals surface area (Å²) in [7, 11) is 0. The molecular formula is C20H18ClFN6O2. The monoisotopic (exact) mass is 428 g/mol. The molecule has 2 heterocycles. The maximum atomic E-state index is 13.9. The average molecular weight is 429 g/mol. The Morgan fingerprint density at radius 3 is 2.73 bits per heavy atom. The number of aromatic amines is 1. The number of amides is 2. The molecule has 10 heteroatoms. The van der Waals surface area contributed by atoms with E-state index in [9.17, 15) is 9.18 Å². The van der Waals surface area contributed by atoms with Gasteiger partial charge in [-0.05, 0) is 53.6 Å². The van der Waals surface area contributed by atoms with Crippen LogP contribution in [0.1, 0.15) is 37.7 Å². The van der Waals surface area contributed by atoms with E-state index in [0.717, 1.165) is 42.1 Å². The van der Waals surface area contributed by atoms with Crippen LogP contribution >= 0.6 is 11.8 Å². The summed E-state index contributed by atoms with van der Waals surface area (Å²) < 4.78 is 21.3. The average Bonchev–Trinajstić information content (AvgIpc) is 3.29. The lowest BCUT2D eigenvalue weighted by molar-refractivity contribution is 0.203. The predicted octanol–water partition coefficient (Wildman–Crippen LogP) is 4.64. The van der Waals surface area contributed by atoms with Crippen molar-refractivity contribution in [2.75, 3.05) is 4.42 Å². The number of hydrogen-bond donors (Lipinski definition) is 2. The van der Waals surface area contributed by atoms with Crippen molar-refractivity contribution in [1.82, 2.24) is 25.9 Å². The van der Waals surface area contributed by atoms with Crippen molar-refractivity contribution in [2.45, 2.75) is 37.6 Å². The molecule has 30 heavy (non-hydrogen) atoms. The number of urea groups is 1.